The lowest BCUT2D eigenvalue weighted by atomic mass is 10.4. The van der Waals surface area contributed by atoms with E-state index in [1.165, 1.54) is 6.33 Å². The fourth-order valence-electron chi connectivity index (χ4n) is 0.939. The van der Waals surface area contributed by atoms with Crippen LogP contribution in [0.5, 0.6) is 0 Å². The lowest BCUT2D eigenvalue weighted by Gasteiger charge is -2.08. The molecule has 0 radical (unpaired) electrons. The third-order valence-electron chi connectivity index (χ3n) is 1.46. The first kappa shape index (κ1) is 10.4. The maximum atomic E-state index is 11.2. The normalized spacial score (nSPS) is 9.93. The number of hydrogen-bond acceptors (Lipinski definition) is 4. The van der Waals surface area contributed by atoms with Gasteiger partial charge >= 0.3 is 0 Å². The van der Waals surface area contributed by atoms with E-state index in [1.54, 1.807) is 12.3 Å². The molecule has 5 heteroatoms. The monoisotopic (exact) mass is 194 g/mol. The van der Waals surface area contributed by atoms with E-state index in [4.69, 9.17) is 0 Å². The molecule has 14 heavy (non-hydrogen) atoms. The smallest absolute Gasteiger partial charge is 0.239 e. The van der Waals surface area contributed by atoms with E-state index in [9.17, 15) is 4.79 Å². The lowest BCUT2D eigenvalue weighted by molar-refractivity contribution is -0.119. The molecule has 0 spiro atoms. The Morgan fingerprint density at radius 1 is 1.57 bits per heavy atom. The van der Waals surface area contributed by atoms with Gasteiger partial charge in [-0.1, -0.05) is 0 Å². The summed E-state index contributed by atoms with van der Waals surface area (Å²) in [6.45, 7) is 4.07. The van der Waals surface area contributed by atoms with Gasteiger partial charge in [-0.3, -0.25) is 4.79 Å². The molecule has 0 aliphatic heterocycles. The van der Waals surface area contributed by atoms with Gasteiger partial charge in [-0.2, -0.15) is 0 Å². The van der Waals surface area contributed by atoms with Crippen LogP contribution in [0, 0.1) is 0 Å². The van der Waals surface area contributed by atoms with Gasteiger partial charge in [0.25, 0.3) is 0 Å². The highest BCUT2D eigenvalue weighted by atomic mass is 16.1. The maximum Gasteiger partial charge on any atom is 0.239 e. The summed E-state index contributed by atoms with van der Waals surface area (Å²) in [4.78, 5) is 18.9. The van der Waals surface area contributed by atoms with E-state index in [0.717, 1.165) is 0 Å². The average molecular weight is 194 g/mol. The number of carbonyl (C=O) groups is 1. The highest BCUT2D eigenvalue weighted by Gasteiger charge is 2.02. The highest BCUT2D eigenvalue weighted by Crippen LogP contribution is 1.96. The van der Waals surface area contributed by atoms with E-state index in [0.29, 0.717) is 5.82 Å². The van der Waals surface area contributed by atoms with Crippen LogP contribution in [0.4, 0.5) is 5.82 Å². The van der Waals surface area contributed by atoms with Crippen LogP contribution in [0.15, 0.2) is 18.6 Å². The molecule has 0 saturated heterocycles. The van der Waals surface area contributed by atoms with Crippen LogP contribution < -0.4 is 10.6 Å². The van der Waals surface area contributed by atoms with Crippen LogP contribution in [0.25, 0.3) is 0 Å². The maximum absolute atomic E-state index is 11.2. The third-order valence-corrected chi connectivity index (χ3v) is 1.46. The molecule has 0 aliphatic carbocycles. The fourth-order valence-corrected chi connectivity index (χ4v) is 0.939. The number of nitrogens with one attached hydrogen (secondary N) is 2. The van der Waals surface area contributed by atoms with Crippen LogP contribution in [0.2, 0.25) is 0 Å². The number of nitrogens with zero attached hydrogens (tertiary/aromatic N) is 2. The Bertz CT molecular complexity index is 286. The van der Waals surface area contributed by atoms with Crippen LogP contribution in [-0.2, 0) is 4.79 Å². The first-order valence-electron chi connectivity index (χ1n) is 4.47. The van der Waals surface area contributed by atoms with Gasteiger partial charge in [-0.25, -0.2) is 9.97 Å². The molecule has 0 saturated carbocycles. The Balaban J connectivity index is 2.31. The van der Waals surface area contributed by atoms with Gasteiger partial charge in [0.15, 0.2) is 0 Å². The van der Waals surface area contributed by atoms with Gasteiger partial charge in [0.1, 0.15) is 12.1 Å². The SMILES string of the molecule is CC(C)NC(=O)CNc1ccncn1. The largest absolute Gasteiger partial charge is 0.361 e. The molecule has 0 atom stereocenters. The van der Waals surface area contributed by atoms with E-state index in [2.05, 4.69) is 20.6 Å². The van der Waals surface area contributed by atoms with Crippen molar-refractivity contribution in [3.05, 3.63) is 18.6 Å². The summed E-state index contributed by atoms with van der Waals surface area (Å²) in [6.07, 6.45) is 3.05. The second-order valence-electron chi connectivity index (χ2n) is 3.17. The molecule has 0 aliphatic rings. The number of anilines is 1. The van der Waals surface area contributed by atoms with Crippen molar-refractivity contribution in [1.29, 1.82) is 0 Å². The first-order valence-corrected chi connectivity index (χ1v) is 4.47. The van der Waals surface area contributed by atoms with E-state index in [1.807, 2.05) is 13.8 Å². The molecule has 0 aromatic carbocycles. The molecule has 1 aromatic rings. The molecular weight excluding hydrogens is 180 g/mol. The van der Waals surface area contributed by atoms with Gasteiger partial charge in [0, 0.05) is 12.2 Å². The van der Waals surface area contributed by atoms with Crippen molar-refractivity contribution in [2.24, 2.45) is 0 Å². The number of hydrogen-bond donors (Lipinski definition) is 2. The molecule has 1 rings (SSSR count). The highest BCUT2D eigenvalue weighted by molar-refractivity contribution is 5.80. The van der Waals surface area contributed by atoms with Crippen molar-refractivity contribution in [3.8, 4) is 0 Å². The number of amides is 1. The molecule has 76 valence electrons. The van der Waals surface area contributed by atoms with Gasteiger partial charge in [-0.15, -0.1) is 0 Å². The predicted octanol–water partition coefficient (Wildman–Crippen LogP) is 0.413. The minimum absolute atomic E-state index is 0.0430. The van der Waals surface area contributed by atoms with E-state index in [-0.39, 0.29) is 18.5 Å². The Morgan fingerprint density at radius 2 is 2.36 bits per heavy atom. The minimum atomic E-state index is -0.0430. The Morgan fingerprint density at radius 3 is 2.93 bits per heavy atom. The molecule has 0 unspecified atom stereocenters. The van der Waals surface area contributed by atoms with Crippen molar-refractivity contribution in [3.63, 3.8) is 0 Å². The summed E-state index contributed by atoms with van der Waals surface area (Å²) < 4.78 is 0. The molecule has 5 nitrogen and oxygen atoms in total. The van der Waals surface area contributed by atoms with Gasteiger partial charge in [0.05, 0.1) is 6.54 Å². The van der Waals surface area contributed by atoms with Crippen molar-refractivity contribution >= 4 is 11.7 Å². The molecule has 1 heterocycles. The number of carbonyl (C=O) groups excluding carboxylic acids is 1. The van der Waals surface area contributed by atoms with Crippen molar-refractivity contribution < 1.29 is 4.79 Å². The van der Waals surface area contributed by atoms with Crippen molar-refractivity contribution in [2.45, 2.75) is 19.9 Å². The van der Waals surface area contributed by atoms with Crippen molar-refractivity contribution in [1.82, 2.24) is 15.3 Å². The van der Waals surface area contributed by atoms with Crippen LogP contribution in [0.3, 0.4) is 0 Å². The zero-order valence-corrected chi connectivity index (χ0v) is 8.32. The lowest BCUT2D eigenvalue weighted by Crippen LogP contribution is -2.34. The summed E-state index contributed by atoms with van der Waals surface area (Å²) >= 11 is 0. The topological polar surface area (TPSA) is 66.9 Å². The van der Waals surface area contributed by atoms with Gasteiger partial charge < -0.3 is 10.6 Å². The van der Waals surface area contributed by atoms with Gasteiger partial charge in [-0.05, 0) is 19.9 Å². The van der Waals surface area contributed by atoms with Crippen molar-refractivity contribution in [2.75, 3.05) is 11.9 Å². The number of aromatic nitrogens is 2. The molecule has 0 fully saturated rings. The summed E-state index contributed by atoms with van der Waals surface area (Å²) in [5, 5.41) is 5.65. The number of rotatable bonds is 4. The molecule has 0 bridgehead atoms. The summed E-state index contributed by atoms with van der Waals surface area (Å²) in [7, 11) is 0. The quantitative estimate of drug-likeness (QED) is 0.728. The zero-order chi connectivity index (χ0) is 10.4. The molecule has 1 amide bonds. The molecular formula is C9H14N4O. The Hall–Kier alpha value is -1.65. The van der Waals surface area contributed by atoms with Gasteiger partial charge in [0.2, 0.25) is 5.91 Å². The Labute approximate surface area is 83.0 Å². The fraction of sp³-hybridized carbons (Fsp3) is 0.444. The second kappa shape index (κ2) is 5.16. The second-order valence-corrected chi connectivity index (χ2v) is 3.17. The molecule has 1 aromatic heterocycles. The van der Waals surface area contributed by atoms with Crippen LogP contribution >= 0.6 is 0 Å². The van der Waals surface area contributed by atoms with Crippen LogP contribution in [-0.4, -0.2) is 28.5 Å². The van der Waals surface area contributed by atoms with Crippen LogP contribution in [0.1, 0.15) is 13.8 Å². The summed E-state index contributed by atoms with van der Waals surface area (Å²) in [6, 6.07) is 1.87. The third kappa shape index (κ3) is 3.84. The van der Waals surface area contributed by atoms with E-state index < -0.39 is 0 Å². The standard InChI is InChI=1S/C9H14N4O/c1-7(2)13-9(14)5-11-8-3-4-10-6-12-8/h3-4,6-7H,5H2,1-2H3,(H,13,14)(H,10,11,12). The summed E-state index contributed by atoms with van der Waals surface area (Å²) in [5.74, 6) is 0.609. The Kier molecular flexibility index (Phi) is 3.84. The zero-order valence-electron chi connectivity index (χ0n) is 8.32. The van der Waals surface area contributed by atoms with E-state index >= 15 is 0 Å². The first-order chi connectivity index (χ1) is 6.68. The average Bonchev–Trinajstić information content (AvgIpc) is 2.15. The minimum Gasteiger partial charge on any atom is -0.361 e. The molecule has 2 N–H and O–H groups in total. The predicted molar refractivity (Wildman–Crippen MR) is 53.8 cm³/mol. The summed E-state index contributed by atoms with van der Waals surface area (Å²) in [5.41, 5.74) is 0.